The molecule has 4 nitrogen and oxygen atoms in total. The Hall–Kier alpha value is -1.71. The zero-order valence-corrected chi connectivity index (χ0v) is 13.2. The predicted octanol–water partition coefficient (Wildman–Crippen LogP) is 2.89. The quantitative estimate of drug-likeness (QED) is 0.837. The second-order valence-corrected chi connectivity index (χ2v) is 5.76. The normalized spacial score (nSPS) is 18.4. The molecule has 1 aliphatic heterocycles. The van der Waals surface area contributed by atoms with Gasteiger partial charge >= 0.3 is 0 Å². The Labute approximate surface area is 127 Å². The van der Waals surface area contributed by atoms with Gasteiger partial charge in [-0.05, 0) is 48.9 Å². The van der Waals surface area contributed by atoms with Crippen molar-refractivity contribution >= 4 is 5.91 Å². The number of nitrogens with zero attached hydrogens (tertiary/aromatic N) is 1. The highest BCUT2D eigenvalue weighted by Gasteiger charge is 2.20. The van der Waals surface area contributed by atoms with E-state index in [1.165, 1.54) is 6.42 Å². The Morgan fingerprint density at radius 3 is 2.81 bits per heavy atom. The van der Waals surface area contributed by atoms with Crippen LogP contribution in [-0.4, -0.2) is 38.1 Å². The third kappa shape index (κ3) is 4.13. The lowest BCUT2D eigenvalue weighted by Crippen LogP contribution is -2.39. The van der Waals surface area contributed by atoms with Gasteiger partial charge in [-0.2, -0.15) is 0 Å². The van der Waals surface area contributed by atoms with Gasteiger partial charge in [-0.1, -0.05) is 6.92 Å². The zero-order chi connectivity index (χ0) is 15.2. The number of carbonyl (C=O) groups is 1. The van der Waals surface area contributed by atoms with Crippen LogP contribution in [0.2, 0.25) is 0 Å². The minimum absolute atomic E-state index is 0.242. The number of likely N-dealkylation sites (tertiary alicyclic amines) is 1. The summed E-state index contributed by atoms with van der Waals surface area (Å²) in [5, 5.41) is 0. The molecule has 1 aliphatic rings. The highest BCUT2D eigenvalue weighted by molar-refractivity contribution is 5.76. The van der Waals surface area contributed by atoms with Gasteiger partial charge in [0.15, 0.2) is 0 Å². The first-order valence-corrected chi connectivity index (χ1v) is 7.62. The van der Waals surface area contributed by atoms with Crippen LogP contribution in [0.1, 0.15) is 31.7 Å². The van der Waals surface area contributed by atoms with E-state index in [0.29, 0.717) is 18.8 Å². The van der Waals surface area contributed by atoms with Crippen molar-refractivity contribution in [2.24, 2.45) is 5.92 Å². The van der Waals surface area contributed by atoms with E-state index in [4.69, 9.17) is 9.47 Å². The van der Waals surface area contributed by atoms with E-state index in [1.807, 2.05) is 23.1 Å². The third-order valence-corrected chi connectivity index (χ3v) is 4.11. The molecular weight excluding hydrogens is 266 g/mol. The molecule has 1 amide bonds. The van der Waals surface area contributed by atoms with Crippen LogP contribution in [0.15, 0.2) is 18.2 Å². The largest absolute Gasteiger partial charge is 0.497 e. The number of piperidine rings is 1. The lowest BCUT2D eigenvalue weighted by Gasteiger charge is -2.31. The van der Waals surface area contributed by atoms with E-state index < -0.39 is 0 Å². The van der Waals surface area contributed by atoms with E-state index in [1.54, 1.807) is 14.2 Å². The van der Waals surface area contributed by atoms with Crippen LogP contribution in [0.25, 0.3) is 0 Å². The van der Waals surface area contributed by atoms with Crippen LogP contribution in [0.3, 0.4) is 0 Å². The van der Waals surface area contributed by atoms with Crippen LogP contribution in [0.5, 0.6) is 11.5 Å². The maximum absolute atomic E-state index is 12.3. The third-order valence-electron chi connectivity index (χ3n) is 4.11. The fourth-order valence-corrected chi connectivity index (χ4v) is 2.89. The molecule has 0 aromatic heterocycles. The van der Waals surface area contributed by atoms with E-state index >= 15 is 0 Å². The first kappa shape index (κ1) is 15.7. The number of methoxy groups -OCH3 is 2. The molecule has 4 heteroatoms. The summed E-state index contributed by atoms with van der Waals surface area (Å²) in [6.45, 7) is 4.01. The van der Waals surface area contributed by atoms with Crippen molar-refractivity contribution in [3.8, 4) is 11.5 Å². The Kier molecular flexibility index (Phi) is 5.48. The zero-order valence-electron chi connectivity index (χ0n) is 13.2. The average Bonchev–Trinajstić information content (AvgIpc) is 2.52. The molecule has 21 heavy (non-hydrogen) atoms. The number of carbonyl (C=O) groups excluding carboxylic acids is 1. The molecule has 116 valence electrons. The van der Waals surface area contributed by atoms with Crippen LogP contribution in [0, 0.1) is 5.92 Å². The molecule has 0 radical (unpaired) electrons. The standard InChI is InChI=1S/C17H25NO3/c1-13-5-4-10-18(12-13)17(19)9-6-14-11-15(20-2)7-8-16(14)21-3/h7-8,11,13H,4-6,9-10,12H2,1-3H3. The molecule has 1 heterocycles. The fraction of sp³-hybridized carbons (Fsp3) is 0.588. The van der Waals surface area contributed by atoms with Crippen LogP contribution in [-0.2, 0) is 11.2 Å². The lowest BCUT2D eigenvalue weighted by molar-refractivity contribution is -0.132. The molecule has 1 aromatic rings. The van der Waals surface area contributed by atoms with Crippen molar-refractivity contribution in [1.29, 1.82) is 0 Å². The first-order chi connectivity index (χ1) is 10.1. The number of aryl methyl sites for hydroxylation is 1. The number of ether oxygens (including phenoxy) is 2. The molecule has 1 fully saturated rings. The number of amides is 1. The molecule has 0 bridgehead atoms. The lowest BCUT2D eigenvalue weighted by atomic mass is 9.99. The smallest absolute Gasteiger partial charge is 0.222 e. The van der Waals surface area contributed by atoms with Crippen molar-refractivity contribution in [3.63, 3.8) is 0 Å². The summed E-state index contributed by atoms with van der Waals surface area (Å²) in [4.78, 5) is 14.3. The number of hydrogen-bond acceptors (Lipinski definition) is 3. The van der Waals surface area contributed by atoms with Gasteiger partial charge in [0.1, 0.15) is 11.5 Å². The molecule has 0 spiro atoms. The maximum atomic E-state index is 12.3. The van der Waals surface area contributed by atoms with Gasteiger partial charge in [-0.3, -0.25) is 4.79 Å². The molecule has 1 aromatic carbocycles. The van der Waals surface area contributed by atoms with Crippen molar-refractivity contribution in [1.82, 2.24) is 4.90 Å². The summed E-state index contributed by atoms with van der Waals surface area (Å²) in [5.74, 6) is 2.47. The monoisotopic (exact) mass is 291 g/mol. The summed E-state index contributed by atoms with van der Waals surface area (Å²) in [6, 6.07) is 5.71. The van der Waals surface area contributed by atoms with Crippen molar-refractivity contribution in [2.45, 2.75) is 32.6 Å². The second kappa shape index (κ2) is 7.34. The molecule has 1 atom stereocenters. The topological polar surface area (TPSA) is 38.8 Å². The van der Waals surface area contributed by atoms with Gasteiger partial charge in [-0.15, -0.1) is 0 Å². The van der Waals surface area contributed by atoms with Gasteiger partial charge in [0, 0.05) is 19.5 Å². The second-order valence-electron chi connectivity index (χ2n) is 5.76. The van der Waals surface area contributed by atoms with E-state index in [-0.39, 0.29) is 5.91 Å². The molecule has 1 unspecified atom stereocenters. The van der Waals surface area contributed by atoms with E-state index in [0.717, 1.165) is 36.6 Å². The van der Waals surface area contributed by atoms with Gasteiger partial charge < -0.3 is 14.4 Å². The predicted molar refractivity (Wildman–Crippen MR) is 82.8 cm³/mol. The Morgan fingerprint density at radius 2 is 2.14 bits per heavy atom. The van der Waals surface area contributed by atoms with Crippen molar-refractivity contribution in [3.05, 3.63) is 23.8 Å². The molecular formula is C17H25NO3. The highest BCUT2D eigenvalue weighted by atomic mass is 16.5. The first-order valence-electron chi connectivity index (χ1n) is 7.62. The van der Waals surface area contributed by atoms with Crippen LogP contribution < -0.4 is 9.47 Å². The Morgan fingerprint density at radius 1 is 1.33 bits per heavy atom. The maximum Gasteiger partial charge on any atom is 0.222 e. The minimum atomic E-state index is 0.242. The average molecular weight is 291 g/mol. The van der Waals surface area contributed by atoms with E-state index in [2.05, 4.69) is 6.92 Å². The number of hydrogen-bond donors (Lipinski definition) is 0. The van der Waals surface area contributed by atoms with E-state index in [9.17, 15) is 4.79 Å². The Bertz CT molecular complexity index is 487. The molecule has 0 N–H and O–H groups in total. The summed E-state index contributed by atoms with van der Waals surface area (Å²) >= 11 is 0. The highest BCUT2D eigenvalue weighted by Crippen LogP contribution is 2.25. The van der Waals surface area contributed by atoms with Gasteiger partial charge in [0.25, 0.3) is 0 Å². The number of benzene rings is 1. The minimum Gasteiger partial charge on any atom is -0.497 e. The number of rotatable bonds is 5. The summed E-state index contributed by atoms with van der Waals surface area (Å²) in [7, 11) is 3.30. The van der Waals surface area contributed by atoms with Crippen molar-refractivity contribution in [2.75, 3.05) is 27.3 Å². The molecule has 0 aliphatic carbocycles. The molecule has 0 saturated carbocycles. The van der Waals surface area contributed by atoms with Gasteiger partial charge in [-0.25, -0.2) is 0 Å². The fourth-order valence-electron chi connectivity index (χ4n) is 2.89. The van der Waals surface area contributed by atoms with Gasteiger partial charge in [0.05, 0.1) is 14.2 Å². The Balaban J connectivity index is 1.97. The van der Waals surface area contributed by atoms with Gasteiger partial charge in [0.2, 0.25) is 5.91 Å². The summed E-state index contributed by atoms with van der Waals surface area (Å²) in [6.07, 6.45) is 3.56. The SMILES string of the molecule is COc1ccc(OC)c(CCC(=O)N2CCCC(C)C2)c1. The van der Waals surface area contributed by atoms with Crippen molar-refractivity contribution < 1.29 is 14.3 Å². The summed E-state index contributed by atoms with van der Waals surface area (Å²) in [5.41, 5.74) is 1.02. The van der Waals surface area contributed by atoms with Crippen LogP contribution >= 0.6 is 0 Å². The summed E-state index contributed by atoms with van der Waals surface area (Å²) < 4.78 is 10.6. The molecule has 2 rings (SSSR count). The molecule has 1 saturated heterocycles. The van der Waals surface area contributed by atoms with Crippen LogP contribution in [0.4, 0.5) is 0 Å².